The Kier molecular flexibility index (Phi) is 6.16. The summed E-state index contributed by atoms with van der Waals surface area (Å²) in [5.74, 6) is -0.523. The molecule has 0 aliphatic carbocycles. The summed E-state index contributed by atoms with van der Waals surface area (Å²) >= 11 is 0. The van der Waals surface area contributed by atoms with Crippen LogP contribution in [-0.4, -0.2) is 92.9 Å². The van der Waals surface area contributed by atoms with Crippen molar-refractivity contribution in [1.29, 1.82) is 0 Å². The van der Waals surface area contributed by atoms with Crippen molar-refractivity contribution < 1.29 is 19.4 Å². The molecule has 6 heterocycles. The van der Waals surface area contributed by atoms with Crippen LogP contribution in [0.25, 0.3) is 5.65 Å². The molecular weight excluding hydrogens is 534 g/mol. The van der Waals surface area contributed by atoms with Crippen LogP contribution in [0.15, 0.2) is 60.8 Å². The van der Waals surface area contributed by atoms with E-state index >= 15 is 0 Å². The maximum Gasteiger partial charge on any atom is 0.354 e. The van der Waals surface area contributed by atoms with Gasteiger partial charge in [0.15, 0.2) is 11.3 Å². The van der Waals surface area contributed by atoms with E-state index in [1.165, 1.54) is 11.6 Å². The number of carboxylic acid groups (broad SMARTS) is 1. The largest absolute Gasteiger partial charge is 0.477 e. The lowest BCUT2D eigenvalue weighted by molar-refractivity contribution is -0.135. The summed E-state index contributed by atoms with van der Waals surface area (Å²) in [7, 11) is 0. The Morgan fingerprint density at radius 2 is 1.76 bits per heavy atom. The quantitative estimate of drug-likeness (QED) is 0.388. The molecule has 7 rings (SSSR count). The first-order valence-corrected chi connectivity index (χ1v) is 14.3. The van der Waals surface area contributed by atoms with Crippen LogP contribution in [0.4, 0.5) is 11.5 Å². The second-order valence-electron chi connectivity index (χ2n) is 12.0. The lowest BCUT2D eigenvalue weighted by atomic mass is 9.82. The van der Waals surface area contributed by atoms with Crippen LogP contribution < -0.4 is 9.80 Å². The number of ether oxygens (including phenoxy) is 1. The monoisotopic (exact) mass is 567 g/mol. The molecule has 11 heteroatoms. The molecule has 4 aromatic rings. The summed E-state index contributed by atoms with van der Waals surface area (Å²) < 4.78 is 7.84. The third kappa shape index (κ3) is 4.53. The Labute approximate surface area is 243 Å². The number of anilines is 2. The van der Waals surface area contributed by atoms with Crippen molar-refractivity contribution >= 4 is 29.0 Å². The molecule has 0 saturated carbocycles. The molecule has 3 saturated heterocycles. The zero-order valence-corrected chi connectivity index (χ0v) is 23.7. The van der Waals surface area contributed by atoms with Crippen molar-refractivity contribution in [3.63, 3.8) is 0 Å². The van der Waals surface area contributed by atoms with E-state index in [0.29, 0.717) is 44.3 Å². The summed E-state index contributed by atoms with van der Waals surface area (Å²) in [4.78, 5) is 39.8. The number of morpholine rings is 1. The number of nitrogens with zero attached hydrogens (tertiary/aromatic N) is 7. The summed E-state index contributed by atoms with van der Waals surface area (Å²) in [6.45, 7) is 8.58. The van der Waals surface area contributed by atoms with Gasteiger partial charge in [-0.05, 0) is 42.7 Å². The molecule has 11 nitrogen and oxygen atoms in total. The zero-order valence-electron chi connectivity index (χ0n) is 23.7. The molecule has 1 spiro atoms. The molecule has 3 fully saturated rings. The highest BCUT2D eigenvalue weighted by Gasteiger charge is 2.50. The Morgan fingerprint density at radius 1 is 0.952 bits per heavy atom. The number of pyridine rings is 2. The number of fused-ring (bicyclic) bond motifs is 1. The van der Waals surface area contributed by atoms with Gasteiger partial charge in [0.2, 0.25) is 5.82 Å². The summed E-state index contributed by atoms with van der Waals surface area (Å²) in [5, 5.41) is 13.9. The number of aromatic nitrogens is 4. The first-order chi connectivity index (χ1) is 20.2. The molecule has 1 aromatic carbocycles. The van der Waals surface area contributed by atoms with Crippen LogP contribution in [0.2, 0.25) is 0 Å². The Balaban J connectivity index is 1.05. The summed E-state index contributed by atoms with van der Waals surface area (Å²) in [6.07, 6.45) is 3.03. The average molecular weight is 568 g/mol. The van der Waals surface area contributed by atoms with E-state index in [1.807, 2.05) is 18.0 Å². The summed E-state index contributed by atoms with van der Waals surface area (Å²) in [5.41, 5.74) is 3.61. The van der Waals surface area contributed by atoms with Gasteiger partial charge < -0.3 is 24.5 Å². The Hall–Kier alpha value is -4.51. The van der Waals surface area contributed by atoms with Gasteiger partial charge >= 0.3 is 5.97 Å². The summed E-state index contributed by atoms with van der Waals surface area (Å²) in [6, 6.07) is 17.8. The maximum atomic E-state index is 13.4. The van der Waals surface area contributed by atoms with Crippen LogP contribution in [0.5, 0.6) is 0 Å². The van der Waals surface area contributed by atoms with Gasteiger partial charge in [0.05, 0.1) is 38.1 Å². The maximum absolute atomic E-state index is 13.4. The van der Waals surface area contributed by atoms with Crippen molar-refractivity contribution in [3.8, 4) is 0 Å². The molecule has 1 amide bonds. The van der Waals surface area contributed by atoms with E-state index in [2.05, 4.69) is 63.3 Å². The Bertz CT molecular complexity index is 1680. The molecular formula is C31H33N7O4. The normalized spacial score (nSPS) is 21.6. The molecule has 3 aliphatic rings. The van der Waals surface area contributed by atoms with E-state index < -0.39 is 11.6 Å². The standard InChI is InChI=1S/C31H33N7O4/c1-21-15-23(35-12-11-30(2,17-35)22-7-4-3-5-8-22)16-38-27(21)33-26(34-38)28(39)37-19-31(20-37)18-36(13-14-42-31)25-10-6-9-24(32-25)29(40)41/h3-10,15-16H,11-14,17-20H2,1-2H3,(H,40,41)/t30-/m0/s1. The molecule has 3 aromatic heterocycles. The first-order valence-electron chi connectivity index (χ1n) is 14.3. The van der Waals surface area contributed by atoms with Gasteiger partial charge in [0.1, 0.15) is 11.4 Å². The number of hydrogen-bond acceptors (Lipinski definition) is 8. The number of carboxylic acids is 1. The van der Waals surface area contributed by atoms with Crippen LogP contribution >= 0.6 is 0 Å². The SMILES string of the molecule is Cc1cc(N2CC[C@](C)(c3ccccc3)C2)cn2nc(C(=O)N3CC4(C3)CN(c3cccc(C(=O)O)n3)CCO4)nc12. The second kappa shape index (κ2) is 9.80. The predicted molar refractivity (Wildman–Crippen MR) is 156 cm³/mol. The molecule has 1 atom stereocenters. The van der Waals surface area contributed by atoms with Gasteiger partial charge in [-0.25, -0.2) is 19.3 Å². The molecule has 0 bridgehead atoms. The van der Waals surface area contributed by atoms with Crippen molar-refractivity contribution in [3.05, 3.63) is 83.4 Å². The number of carbonyl (C=O) groups excluding carboxylic acids is 1. The molecule has 1 N–H and O–H groups in total. The number of aryl methyl sites for hydroxylation is 1. The van der Waals surface area contributed by atoms with Crippen molar-refractivity contribution in [2.24, 2.45) is 0 Å². The zero-order chi connectivity index (χ0) is 29.1. The predicted octanol–water partition coefficient (Wildman–Crippen LogP) is 3.03. The minimum absolute atomic E-state index is 0.00442. The number of carbonyl (C=O) groups is 2. The lowest BCUT2D eigenvalue weighted by Gasteiger charge is -2.53. The third-order valence-corrected chi connectivity index (χ3v) is 8.87. The highest BCUT2D eigenvalue weighted by molar-refractivity contribution is 5.92. The molecule has 216 valence electrons. The topological polar surface area (TPSA) is 116 Å². The fraction of sp³-hybridized carbons (Fsp3) is 0.387. The fourth-order valence-corrected chi connectivity index (χ4v) is 6.54. The van der Waals surface area contributed by atoms with Gasteiger partial charge in [0.25, 0.3) is 5.91 Å². The number of aromatic carboxylic acids is 1. The van der Waals surface area contributed by atoms with Gasteiger partial charge in [-0.15, -0.1) is 5.10 Å². The van der Waals surface area contributed by atoms with E-state index in [-0.39, 0.29) is 22.8 Å². The highest BCUT2D eigenvalue weighted by Crippen LogP contribution is 2.37. The van der Waals surface area contributed by atoms with Crippen molar-refractivity contribution in [2.45, 2.75) is 31.3 Å². The van der Waals surface area contributed by atoms with Crippen molar-refractivity contribution in [2.75, 3.05) is 55.7 Å². The number of hydrogen-bond donors (Lipinski definition) is 1. The van der Waals surface area contributed by atoms with E-state index in [0.717, 1.165) is 30.8 Å². The van der Waals surface area contributed by atoms with Crippen LogP contribution in [0, 0.1) is 6.92 Å². The van der Waals surface area contributed by atoms with Gasteiger partial charge in [-0.2, -0.15) is 0 Å². The fourth-order valence-electron chi connectivity index (χ4n) is 6.54. The average Bonchev–Trinajstić information content (AvgIpc) is 3.61. The Morgan fingerprint density at radius 3 is 2.55 bits per heavy atom. The van der Waals surface area contributed by atoms with E-state index in [9.17, 15) is 14.7 Å². The number of likely N-dealkylation sites (tertiary alicyclic amines) is 1. The molecule has 3 aliphatic heterocycles. The van der Waals surface area contributed by atoms with Crippen LogP contribution in [-0.2, 0) is 10.2 Å². The first kappa shape index (κ1) is 26.4. The van der Waals surface area contributed by atoms with Gasteiger partial charge in [-0.3, -0.25) is 4.79 Å². The van der Waals surface area contributed by atoms with E-state index in [4.69, 9.17) is 4.74 Å². The van der Waals surface area contributed by atoms with Crippen molar-refractivity contribution in [1.82, 2.24) is 24.5 Å². The number of benzene rings is 1. The third-order valence-electron chi connectivity index (χ3n) is 8.87. The van der Waals surface area contributed by atoms with Crippen LogP contribution in [0.1, 0.15) is 45.6 Å². The minimum Gasteiger partial charge on any atom is -0.477 e. The molecule has 0 radical (unpaired) electrons. The number of amides is 1. The van der Waals surface area contributed by atoms with Crippen LogP contribution in [0.3, 0.4) is 0 Å². The lowest BCUT2D eigenvalue weighted by Crippen LogP contribution is -2.71. The van der Waals surface area contributed by atoms with Gasteiger partial charge in [-0.1, -0.05) is 43.3 Å². The highest BCUT2D eigenvalue weighted by atomic mass is 16.5. The number of rotatable bonds is 5. The molecule has 0 unspecified atom stereocenters. The second-order valence-corrected chi connectivity index (χ2v) is 12.0. The van der Waals surface area contributed by atoms with Gasteiger partial charge in [0, 0.05) is 25.0 Å². The minimum atomic E-state index is -1.06. The van der Waals surface area contributed by atoms with E-state index in [1.54, 1.807) is 21.5 Å². The molecule has 42 heavy (non-hydrogen) atoms. The smallest absolute Gasteiger partial charge is 0.354 e.